The molecular weight excluding hydrogens is 276 g/mol. The van der Waals surface area contributed by atoms with Crippen LogP contribution in [-0.2, 0) is 4.79 Å². The maximum absolute atomic E-state index is 11.0. The summed E-state index contributed by atoms with van der Waals surface area (Å²) in [6.45, 7) is 6.42. The summed E-state index contributed by atoms with van der Waals surface area (Å²) in [4.78, 5) is 23.0. The molecule has 0 atom stereocenters. The molecule has 116 valence electrons. The molecule has 0 saturated carbocycles. The third kappa shape index (κ3) is 4.94. The number of nitrogens with zero attached hydrogens (tertiary/aromatic N) is 2. The number of carboxylic acids is 1. The van der Waals surface area contributed by atoms with E-state index in [1.54, 1.807) is 26.0 Å². The lowest BCUT2D eigenvalue weighted by molar-refractivity contribution is -0.386. The molecule has 0 aliphatic heterocycles. The van der Waals surface area contributed by atoms with Gasteiger partial charge in [0.25, 0.3) is 0 Å². The highest BCUT2D eigenvalue weighted by molar-refractivity contribution is 5.68. The zero-order valence-electron chi connectivity index (χ0n) is 12.4. The molecule has 0 aliphatic rings. The second-order valence-electron chi connectivity index (χ2n) is 4.80. The normalized spacial score (nSPS) is 10.5. The van der Waals surface area contributed by atoms with E-state index >= 15 is 0 Å². The number of anilines is 1. The van der Waals surface area contributed by atoms with Crippen molar-refractivity contribution in [3.8, 4) is 5.75 Å². The van der Waals surface area contributed by atoms with Crippen molar-refractivity contribution < 1.29 is 19.6 Å². The number of benzene rings is 1. The molecule has 0 aliphatic carbocycles. The van der Waals surface area contributed by atoms with Gasteiger partial charge in [0.05, 0.1) is 17.4 Å². The summed E-state index contributed by atoms with van der Waals surface area (Å²) in [6, 6.07) is 4.58. The van der Waals surface area contributed by atoms with Gasteiger partial charge in [-0.3, -0.25) is 14.9 Å². The minimum Gasteiger partial charge on any atom is -0.484 e. The first kappa shape index (κ1) is 16.7. The molecule has 1 aromatic carbocycles. The number of nitro benzene ring substituents is 1. The number of hydrogen-bond donors (Lipinski definition) is 1. The van der Waals surface area contributed by atoms with Crippen molar-refractivity contribution in [1.29, 1.82) is 0 Å². The van der Waals surface area contributed by atoms with Gasteiger partial charge >= 0.3 is 11.7 Å². The molecule has 0 radical (unpaired) electrons. The number of carboxylic acid groups (broad SMARTS) is 1. The fourth-order valence-corrected chi connectivity index (χ4v) is 1.90. The lowest BCUT2D eigenvalue weighted by atomic mass is 10.2. The van der Waals surface area contributed by atoms with Crippen LogP contribution in [0, 0.1) is 10.1 Å². The predicted octanol–water partition coefficient (Wildman–Crippen LogP) is 2.68. The fraction of sp³-hybridized carbons (Fsp3) is 0.500. The minimum absolute atomic E-state index is 0.00516. The number of aliphatic carboxylic acids is 1. The van der Waals surface area contributed by atoms with Crippen LogP contribution in [0.5, 0.6) is 5.75 Å². The number of hydrogen-bond acceptors (Lipinski definition) is 5. The van der Waals surface area contributed by atoms with Crippen LogP contribution in [0.4, 0.5) is 11.4 Å². The Morgan fingerprint density at radius 2 is 2.14 bits per heavy atom. The van der Waals surface area contributed by atoms with Crippen molar-refractivity contribution >= 4 is 17.3 Å². The van der Waals surface area contributed by atoms with E-state index in [0.29, 0.717) is 18.8 Å². The fourth-order valence-electron chi connectivity index (χ4n) is 1.90. The van der Waals surface area contributed by atoms with E-state index < -0.39 is 10.9 Å². The van der Waals surface area contributed by atoms with Crippen molar-refractivity contribution in [2.75, 3.05) is 18.0 Å². The number of rotatable bonds is 8. The second-order valence-corrected chi connectivity index (χ2v) is 4.80. The number of nitro groups is 1. The smallest absolute Gasteiger partial charge is 0.311 e. The molecule has 7 nitrogen and oxygen atoms in total. The second kappa shape index (κ2) is 7.47. The van der Waals surface area contributed by atoms with Gasteiger partial charge in [0.15, 0.2) is 5.75 Å². The first-order valence-corrected chi connectivity index (χ1v) is 6.77. The molecule has 0 spiro atoms. The summed E-state index contributed by atoms with van der Waals surface area (Å²) < 4.78 is 5.48. The van der Waals surface area contributed by atoms with Gasteiger partial charge in [-0.2, -0.15) is 0 Å². The van der Waals surface area contributed by atoms with Crippen LogP contribution in [0.2, 0.25) is 0 Å². The molecule has 21 heavy (non-hydrogen) atoms. The molecule has 0 saturated heterocycles. The highest BCUT2D eigenvalue weighted by Gasteiger charge is 2.18. The van der Waals surface area contributed by atoms with Crippen molar-refractivity contribution in [2.24, 2.45) is 0 Å². The van der Waals surface area contributed by atoms with Crippen LogP contribution >= 0.6 is 0 Å². The van der Waals surface area contributed by atoms with Crippen LogP contribution in [-0.4, -0.2) is 35.2 Å². The lowest BCUT2D eigenvalue weighted by Crippen LogP contribution is -2.25. The zero-order valence-corrected chi connectivity index (χ0v) is 12.4. The Labute approximate surface area is 123 Å². The van der Waals surface area contributed by atoms with Gasteiger partial charge in [0.2, 0.25) is 0 Å². The third-order valence-electron chi connectivity index (χ3n) is 2.85. The first-order valence-electron chi connectivity index (χ1n) is 6.77. The average Bonchev–Trinajstić information content (AvgIpc) is 2.38. The molecule has 0 amide bonds. The Bertz CT molecular complexity index is 516. The Kier molecular flexibility index (Phi) is 5.95. The Hall–Kier alpha value is -2.31. The highest BCUT2D eigenvalue weighted by Crippen LogP contribution is 2.32. The van der Waals surface area contributed by atoms with Gasteiger partial charge in [-0.1, -0.05) is 0 Å². The Balaban J connectivity index is 3.06. The monoisotopic (exact) mass is 296 g/mol. The molecule has 0 heterocycles. The van der Waals surface area contributed by atoms with Crippen molar-refractivity contribution in [3.63, 3.8) is 0 Å². The van der Waals surface area contributed by atoms with Gasteiger partial charge in [-0.05, 0) is 26.8 Å². The van der Waals surface area contributed by atoms with E-state index in [-0.39, 0.29) is 24.0 Å². The molecule has 0 unspecified atom stereocenters. The van der Waals surface area contributed by atoms with E-state index in [4.69, 9.17) is 9.84 Å². The van der Waals surface area contributed by atoms with Crippen molar-refractivity contribution in [3.05, 3.63) is 28.3 Å². The largest absolute Gasteiger partial charge is 0.484 e. The van der Waals surface area contributed by atoms with Crippen LogP contribution in [0.3, 0.4) is 0 Å². The van der Waals surface area contributed by atoms with Crippen molar-refractivity contribution in [1.82, 2.24) is 0 Å². The highest BCUT2D eigenvalue weighted by atomic mass is 16.6. The lowest BCUT2D eigenvalue weighted by Gasteiger charge is -2.23. The topological polar surface area (TPSA) is 92.9 Å². The van der Waals surface area contributed by atoms with Crippen LogP contribution in [0.15, 0.2) is 18.2 Å². The molecule has 1 N–H and O–H groups in total. The summed E-state index contributed by atoms with van der Waals surface area (Å²) in [5.74, 6) is -0.685. The maximum atomic E-state index is 11.0. The van der Waals surface area contributed by atoms with Crippen LogP contribution in [0.1, 0.15) is 27.2 Å². The molecule has 0 aromatic heterocycles. The molecule has 7 heteroatoms. The Morgan fingerprint density at radius 1 is 1.48 bits per heavy atom. The van der Waals surface area contributed by atoms with E-state index in [9.17, 15) is 14.9 Å². The Morgan fingerprint density at radius 3 is 2.62 bits per heavy atom. The average molecular weight is 296 g/mol. The van der Waals surface area contributed by atoms with E-state index in [1.807, 2.05) is 11.8 Å². The van der Waals surface area contributed by atoms with Crippen LogP contribution in [0.25, 0.3) is 0 Å². The first-order chi connectivity index (χ1) is 9.85. The molecule has 1 aromatic rings. The van der Waals surface area contributed by atoms with Gasteiger partial charge in [-0.15, -0.1) is 0 Å². The van der Waals surface area contributed by atoms with Crippen molar-refractivity contribution in [2.45, 2.75) is 33.3 Å². The van der Waals surface area contributed by atoms with Gasteiger partial charge in [-0.25, -0.2) is 0 Å². The SMILES string of the molecule is CCN(CCC(=O)O)c1ccc([N+](=O)[O-])c(OC(C)C)c1. The quantitative estimate of drug-likeness (QED) is 0.585. The zero-order chi connectivity index (χ0) is 16.0. The molecule has 0 fully saturated rings. The summed E-state index contributed by atoms with van der Waals surface area (Å²) >= 11 is 0. The maximum Gasteiger partial charge on any atom is 0.311 e. The number of ether oxygens (including phenoxy) is 1. The van der Waals surface area contributed by atoms with Gasteiger partial charge < -0.3 is 14.7 Å². The molecule has 1 rings (SSSR count). The molecular formula is C14H20N2O5. The van der Waals surface area contributed by atoms with E-state index in [0.717, 1.165) is 0 Å². The standard InChI is InChI=1S/C14H20N2O5/c1-4-15(8-7-14(17)18)11-5-6-12(16(19)20)13(9-11)21-10(2)3/h5-6,9-10H,4,7-8H2,1-3H3,(H,17,18). The van der Waals surface area contributed by atoms with E-state index in [2.05, 4.69) is 0 Å². The summed E-state index contributed by atoms with van der Waals surface area (Å²) in [5.41, 5.74) is 0.613. The van der Waals surface area contributed by atoms with Gasteiger partial charge in [0, 0.05) is 30.9 Å². The van der Waals surface area contributed by atoms with E-state index in [1.165, 1.54) is 6.07 Å². The predicted molar refractivity (Wildman–Crippen MR) is 79.0 cm³/mol. The van der Waals surface area contributed by atoms with Crippen LogP contribution < -0.4 is 9.64 Å². The minimum atomic E-state index is -0.881. The third-order valence-corrected chi connectivity index (χ3v) is 2.85. The summed E-state index contributed by atoms with van der Waals surface area (Å²) in [6.07, 6.45) is -0.182. The van der Waals surface area contributed by atoms with Gasteiger partial charge in [0.1, 0.15) is 0 Å². The summed E-state index contributed by atoms with van der Waals surface area (Å²) in [5, 5.41) is 19.8. The summed E-state index contributed by atoms with van der Waals surface area (Å²) in [7, 11) is 0. The number of carbonyl (C=O) groups is 1. The molecule has 0 bridgehead atoms.